The first-order valence-corrected chi connectivity index (χ1v) is 8.02. The Bertz CT molecular complexity index is 642. The molecule has 1 aliphatic heterocycles. The molecule has 1 fully saturated rings. The highest BCUT2D eigenvalue weighted by atomic mass is 16.5. The molecule has 1 aromatic carbocycles. The molecule has 6 nitrogen and oxygen atoms in total. The number of piperidine rings is 1. The van der Waals surface area contributed by atoms with Crippen molar-refractivity contribution in [1.29, 1.82) is 0 Å². The molecule has 2 heterocycles. The summed E-state index contributed by atoms with van der Waals surface area (Å²) in [5.41, 5.74) is 1.14. The highest BCUT2D eigenvalue weighted by Crippen LogP contribution is 2.21. The molecule has 1 saturated heterocycles. The molecular weight excluding hydrogens is 292 g/mol. The van der Waals surface area contributed by atoms with Crippen LogP contribution in [0.4, 0.5) is 0 Å². The van der Waals surface area contributed by atoms with Gasteiger partial charge in [-0.15, -0.1) is 5.10 Å². The summed E-state index contributed by atoms with van der Waals surface area (Å²) in [4.78, 5) is 14.2. The van der Waals surface area contributed by atoms with Crippen LogP contribution in [-0.2, 0) is 11.3 Å². The number of carbonyl (C=O) groups is 1. The minimum absolute atomic E-state index is 0.0936. The molecule has 0 N–H and O–H groups in total. The predicted octanol–water partition coefficient (Wildman–Crippen LogP) is 1.90. The Balaban J connectivity index is 1.52. The molecular formula is C17H22N4O2. The zero-order valence-corrected chi connectivity index (χ0v) is 13.4. The lowest BCUT2D eigenvalue weighted by Crippen LogP contribution is -2.43. The highest BCUT2D eigenvalue weighted by Gasteiger charge is 2.24. The summed E-state index contributed by atoms with van der Waals surface area (Å²) >= 11 is 0. The van der Waals surface area contributed by atoms with E-state index in [0.717, 1.165) is 37.2 Å². The van der Waals surface area contributed by atoms with E-state index in [1.165, 1.54) is 0 Å². The number of aromatic nitrogens is 3. The molecule has 0 aliphatic carbocycles. The lowest BCUT2D eigenvalue weighted by atomic mass is 9.99. The summed E-state index contributed by atoms with van der Waals surface area (Å²) in [6.07, 6.45) is 5.41. The standard InChI is InChI=1S/C17H22N4O2/c1-14-5-2-3-7-16(14)23-13-15-6-4-9-20(11-15)17(22)12-21-10-8-18-19-21/h2-3,5,7-8,10,15H,4,6,9,11-13H2,1H3/t15-/m1/s1. The molecule has 0 spiro atoms. The maximum atomic E-state index is 12.3. The van der Waals surface area contributed by atoms with E-state index in [-0.39, 0.29) is 12.5 Å². The Morgan fingerprint density at radius 2 is 2.26 bits per heavy atom. The lowest BCUT2D eigenvalue weighted by molar-refractivity contribution is -0.134. The number of benzene rings is 1. The fraction of sp³-hybridized carbons (Fsp3) is 0.471. The molecule has 0 bridgehead atoms. The van der Waals surface area contributed by atoms with Gasteiger partial charge in [-0.3, -0.25) is 4.79 Å². The number of nitrogens with zero attached hydrogens (tertiary/aromatic N) is 4. The number of likely N-dealkylation sites (tertiary alicyclic amines) is 1. The first kappa shape index (κ1) is 15.5. The van der Waals surface area contributed by atoms with Gasteiger partial charge in [0.15, 0.2) is 0 Å². The van der Waals surface area contributed by atoms with Crippen LogP contribution >= 0.6 is 0 Å². The molecule has 1 aromatic heterocycles. The van der Waals surface area contributed by atoms with E-state index in [9.17, 15) is 4.79 Å². The van der Waals surface area contributed by atoms with Gasteiger partial charge in [0.25, 0.3) is 0 Å². The predicted molar refractivity (Wildman–Crippen MR) is 86.0 cm³/mol. The Labute approximate surface area is 136 Å². The summed E-state index contributed by atoms with van der Waals surface area (Å²) in [6.45, 7) is 4.52. The monoisotopic (exact) mass is 314 g/mol. The Morgan fingerprint density at radius 3 is 3.04 bits per heavy atom. The van der Waals surface area contributed by atoms with Crippen molar-refractivity contribution >= 4 is 5.91 Å². The van der Waals surface area contributed by atoms with E-state index in [0.29, 0.717) is 12.5 Å². The van der Waals surface area contributed by atoms with Gasteiger partial charge in [0.2, 0.25) is 5.91 Å². The van der Waals surface area contributed by atoms with Gasteiger partial charge in [0.1, 0.15) is 12.3 Å². The number of rotatable bonds is 5. The Hall–Kier alpha value is -2.37. The molecule has 23 heavy (non-hydrogen) atoms. The lowest BCUT2D eigenvalue weighted by Gasteiger charge is -2.32. The van der Waals surface area contributed by atoms with E-state index in [1.54, 1.807) is 17.1 Å². The van der Waals surface area contributed by atoms with E-state index < -0.39 is 0 Å². The molecule has 3 rings (SSSR count). The van der Waals surface area contributed by atoms with Crippen LogP contribution in [0, 0.1) is 12.8 Å². The van der Waals surface area contributed by atoms with Gasteiger partial charge in [-0.25, -0.2) is 4.68 Å². The van der Waals surface area contributed by atoms with Crippen molar-refractivity contribution in [3.8, 4) is 5.75 Å². The number of hydrogen-bond acceptors (Lipinski definition) is 4. The van der Waals surface area contributed by atoms with Crippen molar-refractivity contribution in [3.63, 3.8) is 0 Å². The minimum Gasteiger partial charge on any atom is -0.493 e. The van der Waals surface area contributed by atoms with Crippen molar-refractivity contribution in [2.24, 2.45) is 5.92 Å². The van der Waals surface area contributed by atoms with Gasteiger partial charge >= 0.3 is 0 Å². The van der Waals surface area contributed by atoms with Crippen LogP contribution in [0.25, 0.3) is 0 Å². The first-order valence-electron chi connectivity index (χ1n) is 8.02. The normalized spacial score (nSPS) is 18.0. The van der Waals surface area contributed by atoms with Gasteiger partial charge < -0.3 is 9.64 Å². The molecule has 0 unspecified atom stereocenters. The van der Waals surface area contributed by atoms with Crippen LogP contribution in [0.15, 0.2) is 36.7 Å². The van der Waals surface area contributed by atoms with E-state index in [1.807, 2.05) is 36.1 Å². The molecule has 0 radical (unpaired) electrons. The summed E-state index contributed by atoms with van der Waals surface area (Å²) in [6, 6.07) is 8.03. The van der Waals surface area contributed by atoms with E-state index in [2.05, 4.69) is 10.3 Å². The van der Waals surface area contributed by atoms with Gasteiger partial charge in [0, 0.05) is 25.2 Å². The number of carbonyl (C=O) groups excluding carboxylic acids is 1. The van der Waals surface area contributed by atoms with Crippen LogP contribution in [-0.4, -0.2) is 45.5 Å². The molecule has 1 atom stereocenters. The number of para-hydroxylation sites is 1. The topological polar surface area (TPSA) is 60.2 Å². The summed E-state index contributed by atoms with van der Waals surface area (Å²) in [5.74, 6) is 1.40. The molecule has 2 aromatic rings. The average Bonchev–Trinajstić information content (AvgIpc) is 3.07. The van der Waals surface area contributed by atoms with Gasteiger partial charge in [-0.05, 0) is 31.4 Å². The maximum Gasteiger partial charge on any atom is 0.244 e. The average molecular weight is 314 g/mol. The molecule has 6 heteroatoms. The van der Waals surface area contributed by atoms with Crippen LogP contribution in [0.5, 0.6) is 5.75 Å². The SMILES string of the molecule is Cc1ccccc1OC[C@@H]1CCCN(C(=O)Cn2ccnn2)C1. The van der Waals surface area contributed by atoms with Gasteiger partial charge in [-0.1, -0.05) is 23.4 Å². The second-order valence-corrected chi connectivity index (χ2v) is 6.03. The number of hydrogen-bond donors (Lipinski definition) is 0. The third kappa shape index (κ3) is 4.09. The summed E-state index contributed by atoms with van der Waals surface area (Å²) < 4.78 is 7.51. The zero-order valence-electron chi connectivity index (χ0n) is 13.4. The molecule has 0 saturated carbocycles. The van der Waals surface area contributed by atoms with E-state index in [4.69, 9.17) is 4.74 Å². The van der Waals surface area contributed by atoms with Crippen molar-refractivity contribution in [3.05, 3.63) is 42.2 Å². The van der Waals surface area contributed by atoms with Crippen molar-refractivity contribution in [2.75, 3.05) is 19.7 Å². The smallest absolute Gasteiger partial charge is 0.244 e. The van der Waals surface area contributed by atoms with Gasteiger partial charge in [-0.2, -0.15) is 0 Å². The quantitative estimate of drug-likeness (QED) is 0.846. The van der Waals surface area contributed by atoms with Gasteiger partial charge in [0.05, 0.1) is 12.8 Å². The number of ether oxygens (including phenoxy) is 1. The third-order valence-corrected chi connectivity index (χ3v) is 4.21. The second kappa shape index (κ2) is 7.26. The van der Waals surface area contributed by atoms with Crippen molar-refractivity contribution in [1.82, 2.24) is 19.9 Å². The van der Waals surface area contributed by atoms with E-state index >= 15 is 0 Å². The zero-order chi connectivity index (χ0) is 16.1. The molecule has 122 valence electrons. The number of amides is 1. The summed E-state index contributed by atoms with van der Waals surface area (Å²) in [7, 11) is 0. The minimum atomic E-state index is 0.0936. The third-order valence-electron chi connectivity index (χ3n) is 4.21. The van der Waals surface area contributed by atoms with Crippen LogP contribution in [0.3, 0.4) is 0 Å². The molecule has 1 amide bonds. The second-order valence-electron chi connectivity index (χ2n) is 6.03. The maximum absolute atomic E-state index is 12.3. The molecule has 1 aliphatic rings. The highest BCUT2D eigenvalue weighted by molar-refractivity contribution is 5.76. The van der Waals surface area contributed by atoms with Crippen molar-refractivity contribution in [2.45, 2.75) is 26.3 Å². The van der Waals surface area contributed by atoms with Crippen LogP contribution in [0.2, 0.25) is 0 Å². The fourth-order valence-corrected chi connectivity index (χ4v) is 2.91. The van der Waals surface area contributed by atoms with Crippen LogP contribution < -0.4 is 4.74 Å². The van der Waals surface area contributed by atoms with Crippen LogP contribution in [0.1, 0.15) is 18.4 Å². The summed E-state index contributed by atoms with van der Waals surface area (Å²) in [5, 5.41) is 7.58. The van der Waals surface area contributed by atoms with Crippen molar-refractivity contribution < 1.29 is 9.53 Å². The largest absolute Gasteiger partial charge is 0.493 e. The fourth-order valence-electron chi connectivity index (χ4n) is 2.91. The Kier molecular flexibility index (Phi) is 4.90. The first-order chi connectivity index (χ1) is 11.2. The Morgan fingerprint density at radius 1 is 1.39 bits per heavy atom. The number of aryl methyl sites for hydroxylation is 1.